The van der Waals surface area contributed by atoms with E-state index in [0.29, 0.717) is 12.8 Å². The van der Waals surface area contributed by atoms with Gasteiger partial charge < -0.3 is 10.6 Å². The molecule has 0 unspecified atom stereocenters. The van der Waals surface area contributed by atoms with Crippen LogP contribution < -0.4 is 10.6 Å². The quantitative estimate of drug-likeness (QED) is 0.702. The summed E-state index contributed by atoms with van der Waals surface area (Å²) in [6.07, 6.45) is 0.999. The third-order valence-electron chi connectivity index (χ3n) is 5.00. The first-order valence-corrected chi connectivity index (χ1v) is 9.55. The zero-order chi connectivity index (χ0) is 21.2. The lowest BCUT2D eigenvalue weighted by Gasteiger charge is -2.24. The maximum Gasteiger partial charge on any atom is 0.325 e. The van der Waals surface area contributed by atoms with Crippen LogP contribution >= 0.6 is 11.6 Å². The molecular weight excluding hydrogens is 397 g/mol. The average Bonchev–Trinajstić information content (AvgIpc) is 2.91. The summed E-state index contributed by atoms with van der Waals surface area (Å²) in [7, 11) is 0. The van der Waals surface area contributed by atoms with Crippen molar-refractivity contribution >= 4 is 35.1 Å². The van der Waals surface area contributed by atoms with E-state index >= 15 is 0 Å². The molecule has 0 saturated carbocycles. The van der Waals surface area contributed by atoms with Crippen LogP contribution in [0.2, 0.25) is 5.02 Å². The summed E-state index contributed by atoms with van der Waals surface area (Å²) in [6.45, 7) is 3.10. The summed E-state index contributed by atoms with van der Waals surface area (Å²) in [5, 5.41) is 5.25. The minimum atomic E-state index is -1.10. The maximum atomic E-state index is 13.2. The normalized spacial score (nSPS) is 19.8. The van der Waals surface area contributed by atoms with Gasteiger partial charge in [-0.2, -0.15) is 0 Å². The number of hydrogen-bond acceptors (Lipinski definition) is 3. The van der Waals surface area contributed by atoms with Gasteiger partial charge in [0.1, 0.15) is 17.4 Å². The molecule has 1 aliphatic rings. The Bertz CT molecular complexity index is 953. The number of aryl methyl sites for hydroxylation is 1. The summed E-state index contributed by atoms with van der Waals surface area (Å²) >= 11 is 5.93. The fourth-order valence-corrected chi connectivity index (χ4v) is 3.43. The predicted octanol–water partition coefficient (Wildman–Crippen LogP) is 3.75. The number of nitrogens with zero attached hydrogens (tertiary/aromatic N) is 1. The number of amides is 4. The molecule has 29 heavy (non-hydrogen) atoms. The topological polar surface area (TPSA) is 78.5 Å². The smallest absolute Gasteiger partial charge is 0.323 e. The SMILES string of the molecule is C[C@H](C(=O)Nc1ccc(F)cc1Cl)N1C(=O)N[C@](C)(CCc2ccccc2)C1=O. The lowest BCUT2D eigenvalue weighted by molar-refractivity contribution is -0.136. The third-order valence-corrected chi connectivity index (χ3v) is 5.32. The number of carbonyl (C=O) groups excluding carboxylic acids is 3. The highest BCUT2D eigenvalue weighted by atomic mass is 35.5. The highest BCUT2D eigenvalue weighted by molar-refractivity contribution is 6.33. The van der Waals surface area contributed by atoms with Crippen molar-refractivity contribution in [1.29, 1.82) is 0 Å². The Morgan fingerprint density at radius 2 is 1.93 bits per heavy atom. The van der Waals surface area contributed by atoms with Gasteiger partial charge in [-0.25, -0.2) is 14.1 Å². The zero-order valence-corrected chi connectivity index (χ0v) is 16.8. The Morgan fingerprint density at radius 3 is 2.59 bits per heavy atom. The monoisotopic (exact) mass is 417 g/mol. The van der Waals surface area contributed by atoms with Gasteiger partial charge in [0.05, 0.1) is 10.7 Å². The molecule has 0 spiro atoms. The Balaban J connectivity index is 1.70. The van der Waals surface area contributed by atoms with Crippen molar-refractivity contribution in [2.45, 2.75) is 38.3 Å². The largest absolute Gasteiger partial charge is 0.325 e. The second kappa shape index (κ2) is 8.21. The first-order chi connectivity index (χ1) is 13.7. The highest BCUT2D eigenvalue weighted by Crippen LogP contribution is 2.27. The molecule has 3 rings (SSSR count). The van der Waals surface area contributed by atoms with E-state index in [0.717, 1.165) is 22.6 Å². The molecule has 2 N–H and O–H groups in total. The summed E-state index contributed by atoms with van der Waals surface area (Å²) < 4.78 is 13.2. The van der Waals surface area contributed by atoms with Crippen molar-refractivity contribution in [3.05, 3.63) is 64.9 Å². The molecule has 2 aromatic carbocycles. The minimum absolute atomic E-state index is 0.0236. The molecule has 4 amide bonds. The predicted molar refractivity (Wildman–Crippen MR) is 108 cm³/mol. The second-order valence-corrected chi connectivity index (χ2v) is 7.62. The first-order valence-electron chi connectivity index (χ1n) is 9.17. The first kappa shape index (κ1) is 20.8. The molecule has 0 aliphatic carbocycles. The minimum Gasteiger partial charge on any atom is -0.323 e. The molecule has 0 bridgehead atoms. The average molecular weight is 418 g/mol. The van der Waals surface area contributed by atoms with Crippen molar-refractivity contribution < 1.29 is 18.8 Å². The van der Waals surface area contributed by atoms with Crippen molar-refractivity contribution in [2.24, 2.45) is 0 Å². The van der Waals surface area contributed by atoms with Crippen LogP contribution in [0, 0.1) is 5.82 Å². The van der Waals surface area contributed by atoms with Crippen molar-refractivity contribution in [3.63, 3.8) is 0 Å². The third kappa shape index (κ3) is 4.40. The molecule has 1 saturated heterocycles. The van der Waals surface area contributed by atoms with E-state index in [1.807, 2.05) is 30.3 Å². The van der Waals surface area contributed by atoms with Gasteiger partial charge >= 0.3 is 6.03 Å². The molecule has 0 radical (unpaired) electrons. The zero-order valence-electron chi connectivity index (χ0n) is 16.0. The number of benzene rings is 2. The van der Waals surface area contributed by atoms with Gasteiger partial charge in [-0.15, -0.1) is 0 Å². The van der Waals surface area contributed by atoms with E-state index in [1.165, 1.54) is 13.0 Å². The lowest BCUT2D eigenvalue weighted by atomic mass is 9.93. The molecule has 1 fully saturated rings. The number of nitrogens with one attached hydrogen (secondary N) is 2. The van der Waals surface area contributed by atoms with E-state index in [9.17, 15) is 18.8 Å². The van der Waals surface area contributed by atoms with Crippen LogP contribution in [0.25, 0.3) is 0 Å². The Labute approximate surface area is 173 Å². The molecule has 152 valence electrons. The van der Waals surface area contributed by atoms with Gasteiger partial charge in [-0.05, 0) is 50.5 Å². The van der Waals surface area contributed by atoms with Crippen LogP contribution in [0.15, 0.2) is 48.5 Å². The Morgan fingerprint density at radius 1 is 1.24 bits per heavy atom. The Hall–Kier alpha value is -2.93. The van der Waals surface area contributed by atoms with Crippen molar-refractivity contribution in [2.75, 3.05) is 5.32 Å². The van der Waals surface area contributed by atoms with Gasteiger partial charge in [-0.3, -0.25) is 9.59 Å². The van der Waals surface area contributed by atoms with Crippen molar-refractivity contribution in [1.82, 2.24) is 10.2 Å². The number of rotatable bonds is 6. The van der Waals surface area contributed by atoms with Gasteiger partial charge in [0.25, 0.3) is 5.91 Å². The van der Waals surface area contributed by atoms with Crippen LogP contribution in [0.3, 0.4) is 0 Å². The van der Waals surface area contributed by atoms with Crippen LogP contribution in [0.4, 0.5) is 14.9 Å². The molecule has 2 atom stereocenters. The van der Waals surface area contributed by atoms with E-state index in [2.05, 4.69) is 10.6 Å². The number of carbonyl (C=O) groups is 3. The summed E-state index contributed by atoms with van der Waals surface area (Å²) in [5.74, 6) is -1.61. The summed E-state index contributed by atoms with van der Waals surface area (Å²) in [5.41, 5.74) is 0.143. The van der Waals surface area contributed by atoms with E-state index in [1.54, 1.807) is 6.92 Å². The van der Waals surface area contributed by atoms with Gasteiger partial charge in [-0.1, -0.05) is 41.9 Å². The number of urea groups is 1. The molecule has 6 nitrogen and oxygen atoms in total. The summed E-state index contributed by atoms with van der Waals surface area (Å²) in [6, 6.07) is 11.5. The van der Waals surface area contributed by atoms with Gasteiger partial charge in [0.15, 0.2) is 0 Å². The van der Waals surface area contributed by atoms with E-state index < -0.39 is 35.2 Å². The number of anilines is 1. The maximum absolute atomic E-state index is 13.2. The van der Waals surface area contributed by atoms with Crippen LogP contribution in [0.5, 0.6) is 0 Å². The lowest BCUT2D eigenvalue weighted by Crippen LogP contribution is -2.48. The second-order valence-electron chi connectivity index (χ2n) is 7.21. The van der Waals surface area contributed by atoms with Gasteiger partial charge in [0, 0.05) is 0 Å². The number of hydrogen-bond donors (Lipinski definition) is 2. The van der Waals surface area contributed by atoms with Crippen molar-refractivity contribution in [3.8, 4) is 0 Å². The highest BCUT2D eigenvalue weighted by Gasteiger charge is 2.50. The number of imide groups is 1. The van der Waals surface area contributed by atoms with Gasteiger partial charge in [0.2, 0.25) is 5.91 Å². The van der Waals surface area contributed by atoms with E-state index in [4.69, 9.17) is 11.6 Å². The van der Waals surface area contributed by atoms with E-state index in [-0.39, 0.29) is 10.7 Å². The summed E-state index contributed by atoms with van der Waals surface area (Å²) in [4.78, 5) is 38.9. The Kier molecular flexibility index (Phi) is 5.88. The standard InChI is InChI=1S/C21H21ClFN3O3/c1-13(18(27)24-17-9-8-15(23)12-16(17)22)26-19(28)21(2,25-20(26)29)11-10-14-6-4-3-5-7-14/h3-9,12-13H,10-11H2,1-2H3,(H,24,27)(H,25,29)/t13-,21-/m1/s1. The van der Waals surface area contributed by atoms with Crippen LogP contribution in [0.1, 0.15) is 25.8 Å². The molecule has 1 heterocycles. The van der Waals surface area contributed by atoms with Crippen LogP contribution in [-0.2, 0) is 16.0 Å². The molecule has 2 aromatic rings. The van der Waals surface area contributed by atoms with Crippen LogP contribution in [-0.4, -0.2) is 34.3 Å². The number of halogens is 2. The molecule has 8 heteroatoms. The molecule has 1 aliphatic heterocycles. The molecule has 0 aromatic heterocycles. The molecular formula is C21H21ClFN3O3. The fraction of sp³-hybridized carbons (Fsp3) is 0.286. The fourth-order valence-electron chi connectivity index (χ4n) is 3.21.